The van der Waals surface area contributed by atoms with Crippen LogP contribution in [0, 0.1) is 0 Å². The zero-order valence-electron chi connectivity index (χ0n) is 4.65. The minimum atomic E-state index is 1.24. The molecule has 0 N–H and O–H groups in total. The molecule has 0 fully saturated rings. The highest BCUT2D eigenvalue weighted by Crippen LogP contribution is 2.06. The van der Waals surface area contributed by atoms with E-state index in [1.54, 1.807) is 0 Å². The van der Waals surface area contributed by atoms with E-state index in [9.17, 15) is 0 Å². The van der Waals surface area contributed by atoms with E-state index in [4.69, 9.17) is 0 Å². The van der Waals surface area contributed by atoms with Gasteiger partial charge in [0.1, 0.15) is 7.85 Å². The summed E-state index contributed by atoms with van der Waals surface area (Å²) >= 11 is 0. The van der Waals surface area contributed by atoms with E-state index in [0.717, 1.165) is 0 Å². The largest absolute Gasteiger partial charge is 0.133 e. The van der Waals surface area contributed by atoms with Crippen LogP contribution in [-0.2, 0) is 0 Å². The van der Waals surface area contributed by atoms with Crippen LogP contribution in [-0.4, -0.2) is 7.85 Å². The SMILES string of the molecule is BC1=CC=CCC1. The topological polar surface area (TPSA) is 0 Å². The molecule has 1 aliphatic carbocycles. The molecule has 7 heavy (non-hydrogen) atoms. The van der Waals surface area contributed by atoms with E-state index in [1.165, 1.54) is 18.3 Å². The third kappa shape index (κ3) is 1.22. The van der Waals surface area contributed by atoms with Crippen LogP contribution in [0.2, 0.25) is 0 Å². The Hall–Kier alpha value is -0.455. The van der Waals surface area contributed by atoms with E-state index >= 15 is 0 Å². The molecule has 1 aliphatic rings. The Labute approximate surface area is 45.3 Å². The summed E-state index contributed by atoms with van der Waals surface area (Å²) in [5.74, 6) is 0. The molecule has 0 aromatic heterocycles. The van der Waals surface area contributed by atoms with Crippen molar-refractivity contribution in [2.45, 2.75) is 12.8 Å². The quantitative estimate of drug-likeness (QED) is 0.388. The van der Waals surface area contributed by atoms with E-state index in [2.05, 4.69) is 26.1 Å². The van der Waals surface area contributed by atoms with Crippen LogP contribution >= 0.6 is 0 Å². The van der Waals surface area contributed by atoms with Crippen LogP contribution in [0.4, 0.5) is 0 Å². The lowest BCUT2D eigenvalue weighted by molar-refractivity contribution is 1.02. The second kappa shape index (κ2) is 2.01. The van der Waals surface area contributed by atoms with Crippen molar-refractivity contribution in [3.8, 4) is 0 Å². The highest BCUT2D eigenvalue weighted by Gasteiger charge is 1.88. The summed E-state index contributed by atoms with van der Waals surface area (Å²) in [6, 6.07) is 0. The molecular weight excluding hydrogens is 82.9 g/mol. The van der Waals surface area contributed by atoms with Crippen molar-refractivity contribution in [1.29, 1.82) is 0 Å². The maximum absolute atomic E-state index is 2.20. The third-order valence-corrected chi connectivity index (χ3v) is 1.22. The summed E-state index contributed by atoms with van der Waals surface area (Å²) in [5, 5.41) is 0. The van der Waals surface area contributed by atoms with E-state index in [-0.39, 0.29) is 0 Å². The van der Waals surface area contributed by atoms with Gasteiger partial charge in [0.15, 0.2) is 0 Å². The fourth-order valence-electron chi connectivity index (χ4n) is 0.723. The summed E-state index contributed by atoms with van der Waals surface area (Å²) in [7, 11) is 2.17. The molecule has 0 nitrogen and oxygen atoms in total. The Balaban J connectivity index is 2.57. The van der Waals surface area contributed by atoms with Crippen molar-refractivity contribution in [3.63, 3.8) is 0 Å². The van der Waals surface area contributed by atoms with E-state index in [1.807, 2.05) is 0 Å². The van der Waals surface area contributed by atoms with Crippen LogP contribution in [0.3, 0.4) is 0 Å². The van der Waals surface area contributed by atoms with Gasteiger partial charge in [-0.3, -0.25) is 0 Å². The van der Waals surface area contributed by atoms with Crippen LogP contribution in [0.25, 0.3) is 0 Å². The second-order valence-electron chi connectivity index (χ2n) is 1.98. The maximum atomic E-state index is 2.20. The third-order valence-electron chi connectivity index (χ3n) is 1.22. The molecule has 0 aromatic rings. The van der Waals surface area contributed by atoms with Crippen molar-refractivity contribution in [2.75, 3.05) is 0 Å². The predicted molar refractivity (Wildman–Crippen MR) is 35.0 cm³/mol. The molecule has 0 bridgehead atoms. The molecule has 0 aromatic carbocycles. The number of allylic oxidation sites excluding steroid dienone is 4. The first-order valence-electron chi connectivity index (χ1n) is 2.72. The molecule has 0 amide bonds. The van der Waals surface area contributed by atoms with Gasteiger partial charge in [-0.05, 0) is 12.8 Å². The molecule has 0 saturated carbocycles. The fourth-order valence-corrected chi connectivity index (χ4v) is 0.723. The Kier molecular flexibility index (Phi) is 1.35. The van der Waals surface area contributed by atoms with Gasteiger partial charge in [0.25, 0.3) is 0 Å². The smallest absolute Gasteiger partial charge is 0.110 e. The summed E-state index contributed by atoms with van der Waals surface area (Å²) in [5.41, 5.74) is 1.50. The van der Waals surface area contributed by atoms with Crippen LogP contribution in [0.1, 0.15) is 12.8 Å². The second-order valence-corrected chi connectivity index (χ2v) is 1.98. The van der Waals surface area contributed by atoms with Crippen LogP contribution in [0.5, 0.6) is 0 Å². The van der Waals surface area contributed by atoms with Gasteiger partial charge in [-0.25, -0.2) is 0 Å². The average molecular weight is 92.0 g/mol. The van der Waals surface area contributed by atoms with Crippen molar-refractivity contribution in [2.24, 2.45) is 0 Å². The molecular formula is C6H9B. The van der Waals surface area contributed by atoms with Gasteiger partial charge < -0.3 is 0 Å². The first-order chi connectivity index (χ1) is 3.39. The monoisotopic (exact) mass is 92.1 g/mol. The van der Waals surface area contributed by atoms with Gasteiger partial charge in [-0.15, -0.1) is 5.47 Å². The van der Waals surface area contributed by atoms with Crippen molar-refractivity contribution in [3.05, 3.63) is 23.7 Å². The van der Waals surface area contributed by atoms with Crippen LogP contribution in [0.15, 0.2) is 23.7 Å². The predicted octanol–water partition coefficient (Wildman–Crippen LogP) is 0.853. The molecule has 0 radical (unpaired) electrons. The lowest BCUT2D eigenvalue weighted by Gasteiger charge is -1.98. The summed E-state index contributed by atoms with van der Waals surface area (Å²) in [6.07, 6.45) is 8.99. The minimum absolute atomic E-state index is 1.24. The van der Waals surface area contributed by atoms with Crippen LogP contribution < -0.4 is 0 Å². The maximum Gasteiger partial charge on any atom is 0.133 e. The van der Waals surface area contributed by atoms with Gasteiger partial charge >= 0.3 is 0 Å². The molecule has 1 heteroatoms. The lowest BCUT2D eigenvalue weighted by Crippen LogP contribution is -1.83. The standard InChI is InChI=1S/C6H9B/c7-6-4-2-1-3-5-6/h1-2,4H,3,5,7H2. The van der Waals surface area contributed by atoms with E-state index in [0.29, 0.717) is 0 Å². The molecule has 0 unspecified atom stereocenters. The molecule has 0 atom stereocenters. The summed E-state index contributed by atoms with van der Waals surface area (Å²) in [4.78, 5) is 0. The summed E-state index contributed by atoms with van der Waals surface area (Å²) in [6.45, 7) is 0. The average Bonchev–Trinajstić information content (AvgIpc) is 1.69. The highest BCUT2D eigenvalue weighted by molar-refractivity contribution is 6.21. The molecule has 36 valence electrons. The number of rotatable bonds is 0. The lowest BCUT2D eigenvalue weighted by atomic mass is 9.88. The van der Waals surface area contributed by atoms with Crippen molar-refractivity contribution in [1.82, 2.24) is 0 Å². The normalized spacial score (nSPS) is 19.1. The Bertz CT molecular complexity index is 111. The number of hydrogen-bond donors (Lipinski definition) is 0. The zero-order chi connectivity index (χ0) is 5.11. The molecule has 0 spiro atoms. The van der Waals surface area contributed by atoms with Gasteiger partial charge in [-0.1, -0.05) is 18.2 Å². The highest BCUT2D eigenvalue weighted by atomic mass is 13.9. The Morgan fingerprint density at radius 2 is 2.43 bits per heavy atom. The molecule has 1 rings (SSSR count). The van der Waals surface area contributed by atoms with Crippen molar-refractivity contribution >= 4 is 7.85 Å². The molecule has 0 heterocycles. The molecule has 0 aliphatic heterocycles. The first-order valence-corrected chi connectivity index (χ1v) is 2.72. The van der Waals surface area contributed by atoms with Gasteiger partial charge in [0.05, 0.1) is 0 Å². The first kappa shape index (κ1) is 4.70. The zero-order valence-corrected chi connectivity index (χ0v) is 4.65. The van der Waals surface area contributed by atoms with Gasteiger partial charge in [0.2, 0.25) is 0 Å². The Morgan fingerprint density at radius 3 is 2.71 bits per heavy atom. The fraction of sp³-hybridized carbons (Fsp3) is 0.333. The van der Waals surface area contributed by atoms with Crippen molar-refractivity contribution < 1.29 is 0 Å². The van der Waals surface area contributed by atoms with Gasteiger partial charge in [-0.2, -0.15) is 0 Å². The Morgan fingerprint density at radius 1 is 1.57 bits per heavy atom. The summed E-state index contributed by atoms with van der Waals surface area (Å²) < 4.78 is 0. The van der Waals surface area contributed by atoms with E-state index < -0.39 is 0 Å². The van der Waals surface area contributed by atoms with Gasteiger partial charge in [0, 0.05) is 0 Å². The minimum Gasteiger partial charge on any atom is -0.110 e. The molecule has 0 saturated heterocycles. The number of hydrogen-bond acceptors (Lipinski definition) is 0.